The highest BCUT2D eigenvalue weighted by molar-refractivity contribution is 4.97. The molecule has 0 N–H and O–H groups in total. The Morgan fingerprint density at radius 1 is 0.900 bits per heavy atom. The van der Waals surface area contributed by atoms with Gasteiger partial charge < -0.3 is 14.0 Å². The number of aryl methyl sites for hydroxylation is 4. The second kappa shape index (κ2) is 7.24. The SMILES string of the molecule is CN(CCCc1cn(C)cn1)CCCc1cn(C)cn1. The third-order valence-electron chi connectivity index (χ3n) is 3.46. The summed E-state index contributed by atoms with van der Waals surface area (Å²) < 4.78 is 4.01. The summed E-state index contributed by atoms with van der Waals surface area (Å²) in [6.07, 6.45) is 12.4. The van der Waals surface area contributed by atoms with Crippen LogP contribution in [-0.2, 0) is 26.9 Å². The Morgan fingerprint density at radius 2 is 1.35 bits per heavy atom. The summed E-state index contributed by atoms with van der Waals surface area (Å²) in [6, 6.07) is 0. The number of hydrogen-bond acceptors (Lipinski definition) is 3. The lowest BCUT2D eigenvalue weighted by molar-refractivity contribution is 0.324. The highest BCUT2D eigenvalue weighted by atomic mass is 15.1. The van der Waals surface area contributed by atoms with Crippen LogP contribution >= 0.6 is 0 Å². The second-order valence-electron chi connectivity index (χ2n) is 5.57. The van der Waals surface area contributed by atoms with E-state index in [-0.39, 0.29) is 0 Å². The zero-order valence-electron chi connectivity index (χ0n) is 12.8. The summed E-state index contributed by atoms with van der Waals surface area (Å²) in [4.78, 5) is 11.1. The Balaban J connectivity index is 1.57. The average Bonchev–Trinajstić information content (AvgIpc) is 2.99. The minimum atomic E-state index is 1.06. The van der Waals surface area contributed by atoms with E-state index in [1.807, 2.05) is 35.9 Å². The molecule has 0 aromatic carbocycles. The molecule has 0 aliphatic carbocycles. The number of hydrogen-bond donors (Lipinski definition) is 0. The Hall–Kier alpha value is -1.62. The first-order chi connectivity index (χ1) is 9.63. The predicted molar refractivity (Wildman–Crippen MR) is 80.6 cm³/mol. The van der Waals surface area contributed by atoms with Crippen molar-refractivity contribution >= 4 is 0 Å². The molecular formula is C15H25N5. The molecule has 2 aromatic heterocycles. The van der Waals surface area contributed by atoms with Gasteiger partial charge in [-0.2, -0.15) is 0 Å². The minimum Gasteiger partial charge on any atom is -0.340 e. The van der Waals surface area contributed by atoms with Crippen molar-refractivity contribution in [3.8, 4) is 0 Å². The van der Waals surface area contributed by atoms with Crippen LogP contribution in [0.4, 0.5) is 0 Å². The predicted octanol–water partition coefficient (Wildman–Crippen LogP) is 1.65. The Bertz CT molecular complexity index is 468. The van der Waals surface area contributed by atoms with Crippen LogP contribution in [-0.4, -0.2) is 44.1 Å². The number of rotatable bonds is 8. The molecule has 5 heteroatoms. The van der Waals surface area contributed by atoms with E-state index in [0.29, 0.717) is 0 Å². The molecule has 0 atom stereocenters. The Kier molecular flexibility index (Phi) is 5.35. The lowest BCUT2D eigenvalue weighted by Gasteiger charge is -2.15. The van der Waals surface area contributed by atoms with Crippen molar-refractivity contribution in [2.75, 3.05) is 20.1 Å². The van der Waals surface area contributed by atoms with Gasteiger partial charge in [0, 0.05) is 26.5 Å². The third kappa shape index (κ3) is 4.81. The number of nitrogens with zero attached hydrogens (tertiary/aromatic N) is 5. The van der Waals surface area contributed by atoms with Crippen LogP contribution in [0.5, 0.6) is 0 Å². The third-order valence-corrected chi connectivity index (χ3v) is 3.46. The summed E-state index contributed by atoms with van der Waals surface area (Å²) in [6.45, 7) is 2.25. The zero-order chi connectivity index (χ0) is 14.4. The second-order valence-corrected chi connectivity index (χ2v) is 5.57. The smallest absolute Gasteiger partial charge is 0.0946 e. The van der Waals surface area contributed by atoms with Gasteiger partial charge in [0.2, 0.25) is 0 Å². The van der Waals surface area contributed by atoms with Crippen LogP contribution in [0.25, 0.3) is 0 Å². The van der Waals surface area contributed by atoms with Crippen molar-refractivity contribution in [3.05, 3.63) is 36.4 Å². The van der Waals surface area contributed by atoms with Crippen LogP contribution < -0.4 is 0 Å². The van der Waals surface area contributed by atoms with E-state index < -0.39 is 0 Å². The van der Waals surface area contributed by atoms with Crippen molar-refractivity contribution in [1.82, 2.24) is 24.0 Å². The van der Waals surface area contributed by atoms with Gasteiger partial charge in [0.05, 0.1) is 24.0 Å². The molecule has 0 bridgehead atoms. The first-order valence-corrected chi connectivity index (χ1v) is 7.25. The molecule has 0 aliphatic heterocycles. The summed E-state index contributed by atoms with van der Waals surface area (Å²) >= 11 is 0. The average molecular weight is 275 g/mol. The normalized spacial score (nSPS) is 11.4. The lowest BCUT2D eigenvalue weighted by Crippen LogP contribution is -2.21. The van der Waals surface area contributed by atoms with E-state index in [1.165, 1.54) is 11.4 Å². The number of imidazole rings is 2. The number of aromatic nitrogens is 4. The van der Waals surface area contributed by atoms with Gasteiger partial charge in [0.25, 0.3) is 0 Å². The quantitative estimate of drug-likeness (QED) is 0.735. The molecule has 0 aliphatic rings. The van der Waals surface area contributed by atoms with Crippen LogP contribution in [0.15, 0.2) is 25.0 Å². The highest BCUT2D eigenvalue weighted by Gasteiger charge is 2.02. The molecule has 2 rings (SSSR count). The first kappa shape index (κ1) is 14.8. The van der Waals surface area contributed by atoms with Gasteiger partial charge in [-0.3, -0.25) is 0 Å². The summed E-state index contributed by atoms with van der Waals surface area (Å²) in [7, 11) is 6.22. The fourth-order valence-corrected chi connectivity index (χ4v) is 2.36. The molecule has 110 valence electrons. The summed E-state index contributed by atoms with van der Waals surface area (Å²) in [5, 5.41) is 0. The zero-order valence-corrected chi connectivity index (χ0v) is 12.8. The fourth-order valence-electron chi connectivity index (χ4n) is 2.36. The first-order valence-electron chi connectivity index (χ1n) is 7.25. The Labute approximate surface area is 121 Å². The molecule has 0 saturated heterocycles. The van der Waals surface area contributed by atoms with E-state index in [4.69, 9.17) is 0 Å². The topological polar surface area (TPSA) is 38.9 Å². The molecule has 2 aromatic rings. The van der Waals surface area contributed by atoms with Gasteiger partial charge in [0.1, 0.15) is 0 Å². The maximum absolute atomic E-state index is 4.35. The van der Waals surface area contributed by atoms with Gasteiger partial charge in [-0.15, -0.1) is 0 Å². The maximum Gasteiger partial charge on any atom is 0.0946 e. The molecular weight excluding hydrogens is 250 g/mol. The van der Waals surface area contributed by atoms with Crippen molar-refractivity contribution in [1.29, 1.82) is 0 Å². The molecule has 0 amide bonds. The van der Waals surface area contributed by atoms with Crippen molar-refractivity contribution in [3.63, 3.8) is 0 Å². The Morgan fingerprint density at radius 3 is 1.70 bits per heavy atom. The van der Waals surface area contributed by atoms with Gasteiger partial charge in [-0.1, -0.05) is 0 Å². The van der Waals surface area contributed by atoms with Crippen LogP contribution in [0.3, 0.4) is 0 Å². The lowest BCUT2D eigenvalue weighted by atomic mass is 10.2. The molecule has 0 fully saturated rings. The van der Waals surface area contributed by atoms with E-state index in [9.17, 15) is 0 Å². The fraction of sp³-hybridized carbons (Fsp3) is 0.600. The van der Waals surface area contributed by atoms with Gasteiger partial charge in [0.15, 0.2) is 0 Å². The van der Waals surface area contributed by atoms with E-state index >= 15 is 0 Å². The van der Waals surface area contributed by atoms with Crippen LogP contribution in [0.1, 0.15) is 24.2 Å². The van der Waals surface area contributed by atoms with E-state index in [1.54, 1.807) is 0 Å². The van der Waals surface area contributed by atoms with Crippen LogP contribution in [0, 0.1) is 0 Å². The molecule has 5 nitrogen and oxygen atoms in total. The van der Waals surface area contributed by atoms with Crippen molar-refractivity contribution in [2.45, 2.75) is 25.7 Å². The van der Waals surface area contributed by atoms with Gasteiger partial charge in [-0.05, 0) is 45.8 Å². The molecule has 2 heterocycles. The largest absolute Gasteiger partial charge is 0.340 e. The van der Waals surface area contributed by atoms with Crippen molar-refractivity contribution < 1.29 is 0 Å². The minimum absolute atomic E-state index is 1.06. The van der Waals surface area contributed by atoms with E-state index in [2.05, 4.69) is 34.3 Å². The maximum atomic E-state index is 4.35. The molecule has 0 spiro atoms. The summed E-state index contributed by atoms with van der Waals surface area (Å²) in [5.41, 5.74) is 2.38. The van der Waals surface area contributed by atoms with Crippen LogP contribution in [0.2, 0.25) is 0 Å². The monoisotopic (exact) mass is 275 g/mol. The van der Waals surface area contributed by atoms with Gasteiger partial charge in [-0.25, -0.2) is 9.97 Å². The van der Waals surface area contributed by atoms with E-state index in [0.717, 1.165) is 38.8 Å². The standard InChI is InChI=1S/C15H25N5/c1-18(8-4-6-14-10-19(2)12-16-14)9-5-7-15-11-20(3)13-17-15/h10-13H,4-9H2,1-3H3. The summed E-state index contributed by atoms with van der Waals surface area (Å²) in [5.74, 6) is 0. The molecule has 0 radical (unpaired) electrons. The van der Waals surface area contributed by atoms with Gasteiger partial charge >= 0.3 is 0 Å². The molecule has 0 unspecified atom stereocenters. The molecule has 20 heavy (non-hydrogen) atoms. The van der Waals surface area contributed by atoms with Crippen molar-refractivity contribution in [2.24, 2.45) is 14.1 Å². The highest BCUT2D eigenvalue weighted by Crippen LogP contribution is 2.03. The molecule has 0 saturated carbocycles.